The molecular weight excluding hydrogens is 551 g/mol. The van der Waals surface area contributed by atoms with Crippen molar-refractivity contribution in [3.05, 3.63) is 71.2 Å². The molecule has 0 spiro atoms. The molecule has 2 aromatic carbocycles. The van der Waals surface area contributed by atoms with Gasteiger partial charge in [-0.05, 0) is 13.0 Å². The molecule has 0 saturated carbocycles. The molecule has 0 aliphatic carbocycles. The van der Waals surface area contributed by atoms with Crippen molar-refractivity contribution in [1.29, 1.82) is 0 Å². The number of oxazole rings is 1. The van der Waals surface area contributed by atoms with Crippen LogP contribution in [0, 0.1) is 0 Å². The molecule has 4 rings (SSSR count). The van der Waals surface area contributed by atoms with Crippen LogP contribution in [0.4, 0.5) is 0 Å². The van der Waals surface area contributed by atoms with Gasteiger partial charge in [-0.3, -0.25) is 13.9 Å². The smallest absolute Gasteiger partial charge is 0.420 e. The van der Waals surface area contributed by atoms with Crippen LogP contribution in [0.15, 0.2) is 69.9 Å². The fraction of sp³-hybridized carbons (Fsp3) is 0.393. The van der Waals surface area contributed by atoms with Gasteiger partial charge in [0.05, 0.1) is 18.3 Å². The number of hydrogen-bond donors (Lipinski definition) is 0. The van der Waals surface area contributed by atoms with Crippen molar-refractivity contribution in [3.63, 3.8) is 0 Å². The first-order valence-electron chi connectivity index (χ1n) is 13.0. The predicted molar refractivity (Wildman–Crippen MR) is 154 cm³/mol. The first-order chi connectivity index (χ1) is 18.9. The fourth-order valence-electron chi connectivity index (χ4n) is 4.79. The number of esters is 1. The topological polar surface area (TPSA) is 117 Å². The molecule has 1 aromatic heterocycles. The Bertz CT molecular complexity index is 1460. The number of likely N-dealkylation sites (tertiary alicyclic amines) is 1. The van der Waals surface area contributed by atoms with E-state index < -0.39 is 51.2 Å². The second-order valence-corrected chi connectivity index (χ2v) is 18.8. The second kappa shape index (κ2) is 11.7. The fourth-order valence-corrected chi connectivity index (χ4v) is 7.01. The minimum atomic E-state index is -4.14. The maximum atomic E-state index is 13.8. The number of benzene rings is 2. The molecule has 2 heterocycles. The molecule has 3 atom stereocenters. The van der Waals surface area contributed by atoms with E-state index in [1.165, 1.54) is 4.57 Å². The van der Waals surface area contributed by atoms with E-state index in [1.807, 2.05) is 60.7 Å². The predicted octanol–water partition coefficient (Wildman–Crippen LogP) is 5.24. The maximum Gasteiger partial charge on any atom is 0.420 e. The Morgan fingerprint density at radius 3 is 2.02 bits per heavy atom. The van der Waals surface area contributed by atoms with Gasteiger partial charge >= 0.3 is 19.3 Å². The van der Waals surface area contributed by atoms with Gasteiger partial charge in [0.1, 0.15) is 6.04 Å². The molecule has 1 aliphatic heterocycles. The van der Waals surface area contributed by atoms with Gasteiger partial charge in [-0.2, -0.15) is 0 Å². The average molecular weight is 587 g/mol. The number of hydrogen-bond acceptors (Lipinski definition) is 8. The van der Waals surface area contributed by atoms with Gasteiger partial charge in [-0.1, -0.05) is 80.3 Å². The number of amides is 1. The van der Waals surface area contributed by atoms with Gasteiger partial charge in [0.25, 0.3) is 0 Å². The molecule has 1 aliphatic rings. The highest BCUT2D eigenvalue weighted by Crippen LogP contribution is 2.56. The van der Waals surface area contributed by atoms with Crippen molar-refractivity contribution in [1.82, 2.24) is 9.47 Å². The lowest BCUT2D eigenvalue weighted by atomic mass is 9.95. The summed E-state index contributed by atoms with van der Waals surface area (Å²) in [5.41, 5.74) is 1.77. The Morgan fingerprint density at radius 1 is 0.975 bits per heavy atom. The molecule has 0 radical (unpaired) electrons. The van der Waals surface area contributed by atoms with Gasteiger partial charge in [-0.15, -0.1) is 0 Å². The Balaban J connectivity index is 1.75. The molecule has 40 heavy (non-hydrogen) atoms. The second-order valence-electron chi connectivity index (χ2n) is 10.8. The first-order valence-corrected chi connectivity index (χ1v) is 18.3. The van der Waals surface area contributed by atoms with Crippen LogP contribution in [0.3, 0.4) is 0 Å². The zero-order valence-electron chi connectivity index (χ0n) is 23.5. The molecule has 1 fully saturated rings. The summed E-state index contributed by atoms with van der Waals surface area (Å²) in [5, 5.41) is 0. The van der Waals surface area contributed by atoms with Crippen LogP contribution in [0.5, 0.6) is 0 Å². The highest BCUT2D eigenvalue weighted by Gasteiger charge is 2.59. The molecule has 1 amide bonds. The van der Waals surface area contributed by atoms with E-state index >= 15 is 0 Å². The zero-order valence-corrected chi connectivity index (χ0v) is 25.4. The van der Waals surface area contributed by atoms with E-state index in [2.05, 4.69) is 19.6 Å². The summed E-state index contributed by atoms with van der Waals surface area (Å²) < 4.78 is 36.4. The largest absolute Gasteiger partial charge is 0.464 e. The van der Waals surface area contributed by atoms with Crippen LogP contribution >= 0.6 is 7.60 Å². The lowest BCUT2D eigenvalue weighted by Crippen LogP contribution is -2.66. The molecule has 10 nitrogen and oxygen atoms in total. The number of ether oxygens (including phenoxy) is 1. The standard InChI is InChI=1S/C28H35N2O8PSi/c1-19-22(25(31)29(19)26(39(34,35-2)36-3)27(32)37-17-18-40(4,5)6)30-23(20-13-9-7-10-14-20)24(38-28(30)33)21-15-11-8-12-16-21/h7-16,19,22,26H,17-18H2,1-6H3/t19-,22-,26?/m0/s1. The van der Waals surface area contributed by atoms with E-state index in [0.717, 1.165) is 19.1 Å². The van der Waals surface area contributed by atoms with E-state index in [0.29, 0.717) is 28.6 Å². The third-order valence-electron chi connectivity index (χ3n) is 6.99. The Kier molecular flexibility index (Phi) is 8.70. The van der Waals surface area contributed by atoms with Crippen molar-refractivity contribution in [3.8, 4) is 22.6 Å². The van der Waals surface area contributed by atoms with Crippen LogP contribution in [0.1, 0.15) is 13.0 Å². The Labute approximate surface area is 234 Å². The molecule has 1 saturated heterocycles. The van der Waals surface area contributed by atoms with Crippen LogP contribution in [-0.4, -0.2) is 62.1 Å². The van der Waals surface area contributed by atoms with Crippen molar-refractivity contribution in [2.75, 3.05) is 20.8 Å². The average Bonchev–Trinajstić information content (AvgIpc) is 3.27. The minimum absolute atomic E-state index is 0.123. The molecule has 0 N–H and O–H groups in total. The van der Waals surface area contributed by atoms with Crippen molar-refractivity contribution >= 4 is 27.5 Å². The van der Waals surface area contributed by atoms with Crippen LogP contribution in [0.25, 0.3) is 22.6 Å². The quantitative estimate of drug-likeness (QED) is 0.130. The van der Waals surface area contributed by atoms with E-state index in [1.54, 1.807) is 6.92 Å². The summed E-state index contributed by atoms with van der Waals surface area (Å²) in [6.07, 6.45) is 0. The SMILES string of the molecule is COP(=O)(OC)C(C(=O)OCC[Si](C)(C)C)N1C(=O)[C@@H](n2c(-c3ccccc3)c(-c3ccccc3)oc2=O)[C@@H]1C. The van der Waals surface area contributed by atoms with Crippen molar-refractivity contribution in [2.24, 2.45) is 0 Å². The summed E-state index contributed by atoms with van der Waals surface area (Å²) in [6, 6.07) is 17.2. The first kappa shape index (κ1) is 29.7. The summed E-state index contributed by atoms with van der Waals surface area (Å²) in [6.45, 7) is 8.19. The number of β-lactam (4-membered cyclic amide) rings is 1. The summed E-state index contributed by atoms with van der Waals surface area (Å²) in [7, 11) is -3.37. The van der Waals surface area contributed by atoms with Crippen molar-refractivity contribution < 1.29 is 32.4 Å². The number of aromatic nitrogens is 1. The molecule has 214 valence electrons. The molecule has 3 aromatic rings. The van der Waals surface area contributed by atoms with Gasteiger partial charge < -0.3 is 23.1 Å². The summed E-state index contributed by atoms with van der Waals surface area (Å²) in [4.78, 5) is 41.5. The Hall–Kier alpha value is -3.24. The van der Waals surface area contributed by atoms with Gasteiger partial charge in [0.2, 0.25) is 11.7 Å². The molecule has 12 heteroatoms. The van der Waals surface area contributed by atoms with Gasteiger partial charge in [0.15, 0.2) is 5.76 Å². The number of carbonyl (C=O) groups excluding carboxylic acids is 2. The molecular formula is C28H35N2O8PSi. The summed E-state index contributed by atoms with van der Waals surface area (Å²) >= 11 is 0. The monoisotopic (exact) mass is 586 g/mol. The van der Waals surface area contributed by atoms with Crippen LogP contribution < -0.4 is 5.76 Å². The van der Waals surface area contributed by atoms with E-state index in [-0.39, 0.29) is 6.61 Å². The third-order valence-corrected chi connectivity index (χ3v) is 10.8. The minimum Gasteiger partial charge on any atom is -0.464 e. The van der Waals surface area contributed by atoms with Crippen LogP contribution in [0.2, 0.25) is 25.7 Å². The van der Waals surface area contributed by atoms with E-state index in [9.17, 15) is 18.9 Å². The third kappa shape index (κ3) is 5.65. The molecule has 1 unspecified atom stereocenters. The van der Waals surface area contributed by atoms with Gasteiger partial charge in [0, 0.05) is 33.4 Å². The lowest BCUT2D eigenvalue weighted by molar-refractivity contribution is -0.166. The van der Waals surface area contributed by atoms with E-state index in [4.69, 9.17) is 18.2 Å². The van der Waals surface area contributed by atoms with Gasteiger partial charge in [-0.25, -0.2) is 9.59 Å². The number of rotatable bonds is 11. The highest BCUT2D eigenvalue weighted by atomic mass is 31.2. The molecule has 0 bridgehead atoms. The normalized spacial score (nSPS) is 18.4. The Morgan fingerprint density at radius 2 is 1.52 bits per heavy atom. The zero-order chi connectivity index (χ0) is 29.2. The lowest BCUT2D eigenvalue weighted by Gasteiger charge is -2.49. The number of nitrogens with zero attached hydrogens (tertiary/aromatic N) is 2. The number of carbonyl (C=O) groups is 2. The highest BCUT2D eigenvalue weighted by molar-refractivity contribution is 7.55. The van der Waals surface area contributed by atoms with Crippen molar-refractivity contribution in [2.45, 2.75) is 50.5 Å². The maximum absolute atomic E-state index is 13.8. The summed E-state index contributed by atoms with van der Waals surface area (Å²) in [5.74, 6) is -3.51. The van der Waals surface area contributed by atoms with Crippen LogP contribution in [-0.2, 0) is 27.9 Å².